The monoisotopic (exact) mass is 249 g/mol. The molecule has 1 aliphatic carbocycles. The van der Waals surface area contributed by atoms with Crippen molar-refractivity contribution in [1.29, 1.82) is 0 Å². The van der Waals surface area contributed by atoms with Crippen LogP contribution in [0.5, 0.6) is 0 Å². The smallest absolute Gasteiger partial charge is 0.125 e. The number of aromatic nitrogens is 2. The first-order valence-corrected chi connectivity index (χ1v) is 7.43. The zero-order valence-corrected chi connectivity index (χ0v) is 12.0. The van der Waals surface area contributed by atoms with E-state index in [-0.39, 0.29) is 0 Å². The van der Waals surface area contributed by atoms with Crippen LogP contribution < -0.4 is 5.32 Å². The zero-order valence-electron chi connectivity index (χ0n) is 12.0. The summed E-state index contributed by atoms with van der Waals surface area (Å²) in [6.07, 6.45) is 10.6. The van der Waals surface area contributed by atoms with Crippen molar-refractivity contribution in [1.82, 2.24) is 14.9 Å². The third-order valence-electron chi connectivity index (χ3n) is 4.28. The van der Waals surface area contributed by atoms with Gasteiger partial charge in [0.15, 0.2) is 0 Å². The second kappa shape index (κ2) is 6.37. The fourth-order valence-corrected chi connectivity index (χ4v) is 3.06. The predicted octanol–water partition coefficient (Wildman–Crippen LogP) is 3.29. The quantitative estimate of drug-likeness (QED) is 0.868. The fraction of sp³-hybridized carbons (Fsp3) is 0.800. The molecule has 1 unspecified atom stereocenters. The van der Waals surface area contributed by atoms with Gasteiger partial charge in [-0.25, -0.2) is 4.98 Å². The summed E-state index contributed by atoms with van der Waals surface area (Å²) in [4.78, 5) is 4.56. The maximum atomic E-state index is 4.56. The van der Waals surface area contributed by atoms with Gasteiger partial charge in [-0.15, -0.1) is 0 Å². The molecule has 1 aromatic heterocycles. The average molecular weight is 249 g/mol. The van der Waals surface area contributed by atoms with E-state index in [0.717, 1.165) is 18.4 Å². The fourth-order valence-electron chi connectivity index (χ4n) is 3.06. The third-order valence-corrected chi connectivity index (χ3v) is 4.28. The lowest BCUT2D eigenvalue weighted by Crippen LogP contribution is -2.33. The molecule has 1 heterocycles. The van der Waals surface area contributed by atoms with E-state index in [0.29, 0.717) is 6.04 Å². The van der Waals surface area contributed by atoms with E-state index in [2.05, 4.69) is 42.0 Å². The van der Waals surface area contributed by atoms with Crippen molar-refractivity contribution in [2.24, 2.45) is 18.9 Å². The van der Waals surface area contributed by atoms with Crippen molar-refractivity contribution in [3.63, 3.8) is 0 Å². The maximum absolute atomic E-state index is 4.56. The molecule has 1 aromatic rings. The summed E-state index contributed by atoms with van der Waals surface area (Å²) in [5, 5.41) is 3.71. The normalized spacial score (nSPS) is 26.2. The maximum Gasteiger partial charge on any atom is 0.125 e. The molecule has 1 fully saturated rings. The number of aryl methyl sites for hydroxylation is 1. The Kier molecular flexibility index (Phi) is 4.81. The molecule has 1 N–H and O–H groups in total. The largest absolute Gasteiger partial charge is 0.337 e. The topological polar surface area (TPSA) is 29.9 Å². The summed E-state index contributed by atoms with van der Waals surface area (Å²) in [5.74, 6) is 2.88. The minimum Gasteiger partial charge on any atom is -0.337 e. The lowest BCUT2D eigenvalue weighted by atomic mass is 9.79. The van der Waals surface area contributed by atoms with Gasteiger partial charge in [0, 0.05) is 19.4 Å². The molecule has 0 saturated heterocycles. The Bertz CT molecular complexity index is 350. The minimum atomic E-state index is 0.442. The molecule has 0 amide bonds. The number of imidazole rings is 1. The minimum absolute atomic E-state index is 0.442. The molecule has 0 radical (unpaired) electrons. The van der Waals surface area contributed by atoms with Gasteiger partial charge in [-0.2, -0.15) is 0 Å². The van der Waals surface area contributed by atoms with Gasteiger partial charge in [0.25, 0.3) is 0 Å². The first-order valence-electron chi connectivity index (χ1n) is 7.43. The lowest BCUT2D eigenvalue weighted by Gasteiger charge is -2.33. The first kappa shape index (κ1) is 13.6. The Morgan fingerprint density at radius 1 is 1.39 bits per heavy atom. The molecule has 1 saturated carbocycles. The number of nitrogens with zero attached hydrogens (tertiary/aromatic N) is 2. The van der Waals surface area contributed by atoms with Crippen molar-refractivity contribution in [3.8, 4) is 0 Å². The summed E-state index contributed by atoms with van der Waals surface area (Å²) in [5.41, 5.74) is 0. The van der Waals surface area contributed by atoms with Crippen molar-refractivity contribution in [2.75, 3.05) is 6.54 Å². The van der Waals surface area contributed by atoms with Crippen molar-refractivity contribution < 1.29 is 0 Å². The van der Waals surface area contributed by atoms with E-state index >= 15 is 0 Å². The number of hydrogen-bond acceptors (Lipinski definition) is 2. The summed E-state index contributed by atoms with van der Waals surface area (Å²) >= 11 is 0. The lowest BCUT2D eigenvalue weighted by molar-refractivity contribution is 0.223. The van der Waals surface area contributed by atoms with E-state index in [1.54, 1.807) is 0 Å². The van der Waals surface area contributed by atoms with Crippen LogP contribution in [-0.2, 0) is 7.05 Å². The van der Waals surface area contributed by atoms with Crippen LogP contribution in [0.25, 0.3) is 0 Å². The Labute approximate surface area is 111 Å². The molecule has 3 heteroatoms. The van der Waals surface area contributed by atoms with Gasteiger partial charge in [-0.1, -0.05) is 26.7 Å². The molecule has 1 atom stereocenters. The van der Waals surface area contributed by atoms with Crippen LogP contribution in [0.3, 0.4) is 0 Å². The number of nitrogens with one attached hydrogen (secondary N) is 1. The molecule has 0 bridgehead atoms. The molecule has 18 heavy (non-hydrogen) atoms. The Morgan fingerprint density at radius 2 is 2.11 bits per heavy atom. The van der Waals surface area contributed by atoms with Crippen LogP contribution in [0.15, 0.2) is 12.4 Å². The summed E-state index contributed by atoms with van der Waals surface area (Å²) in [6, 6.07) is 0.442. The van der Waals surface area contributed by atoms with Gasteiger partial charge in [0.2, 0.25) is 0 Å². The van der Waals surface area contributed by atoms with E-state index in [1.807, 2.05) is 6.20 Å². The highest BCUT2D eigenvalue weighted by molar-refractivity contribution is 5.02. The van der Waals surface area contributed by atoms with Crippen molar-refractivity contribution >= 4 is 0 Å². The zero-order chi connectivity index (χ0) is 13.0. The van der Waals surface area contributed by atoms with E-state index in [9.17, 15) is 0 Å². The second-order valence-corrected chi connectivity index (χ2v) is 5.85. The van der Waals surface area contributed by atoms with Gasteiger partial charge in [0.1, 0.15) is 5.82 Å². The van der Waals surface area contributed by atoms with Gasteiger partial charge in [0.05, 0.1) is 6.04 Å². The average Bonchev–Trinajstić information content (AvgIpc) is 2.78. The van der Waals surface area contributed by atoms with Crippen LogP contribution in [-0.4, -0.2) is 16.1 Å². The Hall–Kier alpha value is -0.830. The molecular weight excluding hydrogens is 222 g/mol. The van der Waals surface area contributed by atoms with E-state index in [1.165, 1.54) is 37.9 Å². The Morgan fingerprint density at radius 3 is 2.67 bits per heavy atom. The van der Waals surface area contributed by atoms with Gasteiger partial charge >= 0.3 is 0 Å². The number of rotatable bonds is 5. The van der Waals surface area contributed by atoms with Gasteiger partial charge < -0.3 is 9.88 Å². The van der Waals surface area contributed by atoms with Crippen molar-refractivity contribution in [3.05, 3.63) is 18.2 Å². The standard InChI is InChI=1S/C15H27N3/c1-4-9-16-14(15-17-10-11-18(15)3)13-7-5-12(2)6-8-13/h10-14,16H,4-9H2,1-3H3. The van der Waals surface area contributed by atoms with Crippen LogP contribution in [0.2, 0.25) is 0 Å². The molecule has 0 aromatic carbocycles. The van der Waals surface area contributed by atoms with Gasteiger partial charge in [-0.3, -0.25) is 0 Å². The van der Waals surface area contributed by atoms with Crippen LogP contribution in [0.4, 0.5) is 0 Å². The summed E-state index contributed by atoms with van der Waals surface area (Å²) in [7, 11) is 2.11. The van der Waals surface area contributed by atoms with Gasteiger partial charge in [-0.05, 0) is 37.6 Å². The highest BCUT2D eigenvalue weighted by Crippen LogP contribution is 2.36. The van der Waals surface area contributed by atoms with Crippen molar-refractivity contribution in [2.45, 2.75) is 52.0 Å². The van der Waals surface area contributed by atoms with E-state index in [4.69, 9.17) is 0 Å². The number of hydrogen-bond donors (Lipinski definition) is 1. The molecular formula is C15H27N3. The molecule has 102 valence electrons. The van der Waals surface area contributed by atoms with Crippen LogP contribution in [0, 0.1) is 11.8 Å². The van der Waals surface area contributed by atoms with Crippen LogP contribution in [0.1, 0.15) is 57.8 Å². The molecule has 0 aliphatic heterocycles. The second-order valence-electron chi connectivity index (χ2n) is 5.85. The SMILES string of the molecule is CCCNC(c1nccn1C)C1CCC(C)CC1. The predicted molar refractivity (Wildman–Crippen MR) is 75.4 cm³/mol. The summed E-state index contributed by atoms with van der Waals surface area (Å²) in [6.45, 7) is 5.69. The van der Waals surface area contributed by atoms with Crippen LogP contribution >= 0.6 is 0 Å². The molecule has 3 nitrogen and oxygen atoms in total. The first-order chi connectivity index (χ1) is 8.72. The van der Waals surface area contributed by atoms with E-state index < -0.39 is 0 Å². The molecule has 2 rings (SSSR count). The molecule has 0 spiro atoms. The summed E-state index contributed by atoms with van der Waals surface area (Å²) < 4.78 is 2.17. The third kappa shape index (κ3) is 3.14. The molecule has 1 aliphatic rings. The highest BCUT2D eigenvalue weighted by atomic mass is 15.1. The Balaban J connectivity index is 2.07. The highest BCUT2D eigenvalue weighted by Gasteiger charge is 2.28.